The van der Waals surface area contributed by atoms with E-state index in [1.807, 2.05) is 16.3 Å². The summed E-state index contributed by atoms with van der Waals surface area (Å²) in [6, 6.07) is 7.40. The zero-order chi connectivity index (χ0) is 14.1. The Morgan fingerprint density at radius 2 is 2.10 bits per heavy atom. The minimum Gasteiger partial charge on any atom is -0.331 e. The molecule has 0 spiro atoms. The van der Waals surface area contributed by atoms with Gasteiger partial charge in [0.2, 0.25) is 0 Å². The van der Waals surface area contributed by atoms with Gasteiger partial charge in [-0.2, -0.15) is 11.3 Å². The second kappa shape index (κ2) is 5.76. The Balaban J connectivity index is 1.87. The Morgan fingerprint density at radius 3 is 2.75 bits per heavy atom. The summed E-state index contributed by atoms with van der Waals surface area (Å²) in [6.45, 7) is 0.635. The zero-order valence-corrected chi connectivity index (χ0v) is 13.0. The molecule has 1 aromatic heterocycles. The fraction of sp³-hybridized carbons (Fsp3) is 0.267. The highest BCUT2D eigenvalue weighted by Crippen LogP contribution is 2.32. The minimum absolute atomic E-state index is 0.0359. The molecule has 0 atom stereocenters. The number of nitrogens with zero attached hydrogens (tertiary/aromatic N) is 1. The van der Waals surface area contributed by atoms with Gasteiger partial charge in [-0.25, -0.2) is 0 Å². The highest BCUT2D eigenvalue weighted by Gasteiger charge is 2.33. The van der Waals surface area contributed by atoms with E-state index in [2.05, 4.69) is 5.38 Å². The van der Waals surface area contributed by atoms with Gasteiger partial charge in [0.15, 0.2) is 0 Å². The van der Waals surface area contributed by atoms with E-state index in [9.17, 15) is 4.79 Å². The van der Waals surface area contributed by atoms with E-state index in [1.54, 1.807) is 29.5 Å². The summed E-state index contributed by atoms with van der Waals surface area (Å²) >= 11 is 13.8. The summed E-state index contributed by atoms with van der Waals surface area (Å²) in [5, 5.41) is 5.08. The van der Waals surface area contributed by atoms with Crippen molar-refractivity contribution in [3.8, 4) is 0 Å². The van der Waals surface area contributed by atoms with Gasteiger partial charge in [0.25, 0.3) is 5.91 Å². The molecular formula is C15H13Cl2NOS. The molecule has 104 valence electrons. The van der Waals surface area contributed by atoms with E-state index in [-0.39, 0.29) is 5.91 Å². The predicted molar refractivity (Wildman–Crippen MR) is 83.7 cm³/mol. The Labute approximate surface area is 131 Å². The van der Waals surface area contributed by atoms with E-state index in [0.717, 1.165) is 18.4 Å². The van der Waals surface area contributed by atoms with Crippen molar-refractivity contribution in [1.82, 2.24) is 4.90 Å². The molecule has 0 bridgehead atoms. The summed E-state index contributed by atoms with van der Waals surface area (Å²) in [5.41, 5.74) is 1.65. The first-order valence-corrected chi connectivity index (χ1v) is 8.12. The smallest absolute Gasteiger partial charge is 0.255 e. The highest BCUT2D eigenvalue weighted by molar-refractivity contribution is 7.07. The van der Waals surface area contributed by atoms with Crippen LogP contribution in [0.4, 0.5) is 0 Å². The summed E-state index contributed by atoms with van der Waals surface area (Å²) in [4.78, 5) is 14.6. The summed E-state index contributed by atoms with van der Waals surface area (Å²) in [5.74, 6) is -0.0359. The average molecular weight is 326 g/mol. The molecule has 0 saturated heterocycles. The molecule has 1 saturated carbocycles. The van der Waals surface area contributed by atoms with Crippen LogP contribution in [0, 0.1) is 0 Å². The third-order valence-electron chi connectivity index (χ3n) is 3.34. The van der Waals surface area contributed by atoms with Gasteiger partial charge in [-0.1, -0.05) is 23.2 Å². The largest absolute Gasteiger partial charge is 0.331 e. The van der Waals surface area contributed by atoms with Crippen LogP contribution in [0.15, 0.2) is 35.0 Å². The number of halogens is 2. The molecule has 2 nitrogen and oxygen atoms in total. The topological polar surface area (TPSA) is 20.3 Å². The van der Waals surface area contributed by atoms with Crippen LogP contribution < -0.4 is 0 Å². The lowest BCUT2D eigenvalue weighted by Crippen LogP contribution is -2.32. The average Bonchev–Trinajstić information content (AvgIpc) is 3.15. The number of thiophene rings is 1. The molecule has 1 aliphatic carbocycles. The van der Waals surface area contributed by atoms with Crippen LogP contribution in [0.1, 0.15) is 28.8 Å². The van der Waals surface area contributed by atoms with Gasteiger partial charge in [0.05, 0.1) is 10.6 Å². The van der Waals surface area contributed by atoms with Crippen molar-refractivity contribution in [2.75, 3.05) is 0 Å². The Morgan fingerprint density at radius 1 is 1.30 bits per heavy atom. The summed E-state index contributed by atoms with van der Waals surface area (Å²) < 4.78 is 0. The van der Waals surface area contributed by atoms with Crippen molar-refractivity contribution in [2.45, 2.75) is 25.4 Å². The summed E-state index contributed by atoms with van der Waals surface area (Å²) in [7, 11) is 0. The molecule has 1 aliphatic rings. The molecule has 1 heterocycles. The van der Waals surface area contributed by atoms with Crippen molar-refractivity contribution in [3.05, 3.63) is 56.2 Å². The lowest BCUT2D eigenvalue weighted by Gasteiger charge is -2.22. The first-order chi connectivity index (χ1) is 9.65. The molecule has 2 aromatic rings. The van der Waals surface area contributed by atoms with E-state index in [4.69, 9.17) is 23.2 Å². The fourth-order valence-corrected chi connectivity index (χ4v) is 3.18. The molecule has 0 N–H and O–H groups in total. The second-order valence-corrected chi connectivity index (χ2v) is 6.54. The number of benzene rings is 1. The maximum atomic E-state index is 12.7. The lowest BCUT2D eigenvalue weighted by atomic mass is 10.1. The van der Waals surface area contributed by atoms with Gasteiger partial charge in [0.1, 0.15) is 0 Å². The molecule has 0 unspecified atom stereocenters. The van der Waals surface area contributed by atoms with E-state index in [0.29, 0.717) is 28.2 Å². The predicted octanol–water partition coefficient (Wildman–Crippen LogP) is 4.86. The van der Waals surface area contributed by atoms with Crippen molar-refractivity contribution in [3.63, 3.8) is 0 Å². The van der Waals surface area contributed by atoms with Crippen molar-refractivity contribution >= 4 is 40.4 Å². The molecule has 1 aromatic carbocycles. The first-order valence-electron chi connectivity index (χ1n) is 6.42. The lowest BCUT2D eigenvalue weighted by molar-refractivity contribution is 0.0730. The number of amides is 1. The van der Waals surface area contributed by atoms with Crippen molar-refractivity contribution in [2.24, 2.45) is 0 Å². The molecule has 5 heteroatoms. The maximum Gasteiger partial charge on any atom is 0.255 e. The second-order valence-electron chi connectivity index (χ2n) is 4.92. The normalized spacial score (nSPS) is 14.3. The molecule has 20 heavy (non-hydrogen) atoms. The van der Waals surface area contributed by atoms with Crippen LogP contribution in [-0.4, -0.2) is 16.8 Å². The van der Waals surface area contributed by atoms with E-state index in [1.165, 1.54) is 0 Å². The molecule has 1 fully saturated rings. The van der Waals surface area contributed by atoms with Crippen LogP contribution in [0.5, 0.6) is 0 Å². The van der Waals surface area contributed by atoms with Crippen LogP contribution in [-0.2, 0) is 6.54 Å². The van der Waals surface area contributed by atoms with Gasteiger partial charge < -0.3 is 4.90 Å². The van der Waals surface area contributed by atoms with Gasteiger partial charge in [-0.05, 0) is 53.4 Å². The Hall–Kier alpha value is -1.03. The first kappa shape index (κ1) is 13.9. The zero-order valence-electron chi connectivity index (χ0n) is 10.7. The Kier molecular flexibility index (Phi) is 4.01. The molecule has 0 radical (unpaired) electrons. The molecular weight excluding hydrogens is 313 g/mol. The maximum absolute atomic E-state index is 12.7. The number of rotatable bonds is 4. The van der Waals surface area contributed by atoms with Crippen LogP contribution in [0.25, 0.3) is 0 Å². The Bertz CT molecular complexity index is 623. The molecule has 3 rings (SSSR count). The molecule has 1 amide bonds. The molecule has 0 aliphatic heterocycles. The number of hydrogen-bond donors (Lipinski definition) is 0. The number of carbonyl (C=O) groups is 1. The quantitative estimate of drug-likeness (QED) is 0.786. The van der Waals surface area contributed by atoms with Gasteiger partial charge in [0, 0.05) is 17.6 Å². The van der Waals surface area contributed by atoms with Crippen molar-refractivity contribution in [1.29, 1.82) is 0 Å². The van der Waals surface area contributed by atoms with Crippen LogP contribution in [0.2, 0.25) is 10.0 Å². The third-order valence-corrected chi connectivity index (χ3v) is 4.64. The van der Waals surface area contributed by atoms with E-state index < -0.39 is 0 Å². The number of carbonyl (C=O) groups excluding carboxylic acids is 1. The van der Waals surface area contributed by atoms with E-state index >= 15 is 0 Å². The van der Waals surface area contributed by atoms with Gasteiger partial charge in [-0.15, -0.1) is 0 Å². The monoisotopic (exact) mass is 325 g/mol. The van der Waals surface area contributed by atoms with Crippen LogP contribution in [0.3, 0.4) is 0 Å². The SMILES string of the molecule is O=C(c1cc(Cl)ccc1Cl)N(Cc1ccsc1)C1CC1. The van der Waals surface area contributed by atoms with Gasteiger partial charge >= 0.3 is 0 Å². The summed E-state index contributed by atoms with van der Waals surface area (Å²) in [6.07, 6.45) is 2.13. The third kappa shape index (κ3) is 3.00. The minimum atomic E-state index is -0.0359. The number of hydrogen-bond acceptors (Lipinski definition) is 2. The highest BCUT2D eigenvalue weighted by atomic mass is 35.5. The van der Waals surface area contributed by atoms with Crippen LogP contribution >= 0.6 is 34.5 Å². The van der Waals surface area contributed by atoms with Crippen molar-refractivity contribution < 1.29 is 4.79 Å². The van der Waals surface area contributed by atoms with Gasteiger partial charge in [-0.3, -0.25) is 4.79 Å². The fourth-order valence-electron chi connectivity index (χ4n) is 2.15. The standard InChI is InChI=1S/C15H13Cl2NOS/c16-11-1-4-14(17)13(7-11)15(19)18(12-2-3-12)8-10-5-6-20-9-10/h1,4-7,9,12H,2-3,8H2.